The van der Waals surface area contributed by atoms with Crippen LogP contribution in [-0.2, 0) is 14.8 Å². The predicted molar refractivity (Wildman–Crippen MR) is 126 cm³/mol. The van der Waals surface area contributed by atoms with Crippen molar-refractivity contribution in [1.29, 1.82) is 0 Å². The monoisotopic (exact) mass is 474 g/mol. The molecule has 1 heterocycles. The third-order valence-corrected chi connectivity index (χ3v) is 7.13. The molecule has 33 heavy (non-hydrogen) atoms. The number of piperazine rings is 1. The molecule has 0 aromatic heterocycles. The number of carbonyl (C=O) groups is 2. The molecule has 0 spiro atoms. The molecular formula is C23H30N4O5S. The Balaban J connectivity index is 1.60. The third-order valence-electron chi connectivity index (χ3n) is 5.59. The van der Waals surface area contributed by atoms with E-state index >= 15 is 0 Å². The number of hydrogen-bond donors (Lipinski definition) is 2. The first-order valence-electron chi connectivity index (χ1n) is 10.7. The first-order chi connectivity index (χ1) is 15.6. The molecular weight excluding hydrogens is 444 g/mol. The SMILES string of the molecule is COc1ccc(S(=O)(=O)NC(C)C(=O)Nc2ccc(C(=O)N3CCN(C)CC3)cc2)cc1C. The number of likely N-dealkylation sites (N-methyl/N-ethyl adjacent to an activating group) is 1. The maximum Gasteiger partial charge on any atom is 0.253 e. The van der Waals surface area contributed by atoms with Crippen LogP contribution in [0.2, 0.25) is 0 Å². The molecule has 2 N–H and O–H groups in total. The second-order valence-electron chi connectivity index (χ2n) is 8.14. The molecule has 178 valence electrons. The van der Waals surface area contributed by atoms with Gasteiger partial charge < -0.3 is 19.9 Å². The topological polar surface area (TPSA) is 108 Å². The zero-order valence-electron chi connectivity index (χ0n) is 19.3. The van der Waals surface area contributed by atoms with Crippen molar-refractivity contribution in [3.05, 3.63) is 53.6 Å². The lowest BCUT2D eigenvalue weighted by atomic mass is 10.1. The van der Waals surface area contributed by atoms with E-state index in [9.17, 15) is 18.0 Å². The van der Waals surface area contributed by atoms with Crippen molar-refractivity contribution in [1.82, 2.24) is 14.5 Å². The van der Waals surface area contributed by atoms with Crippen LogP contribution >= 0.6 is 0 Å². The molecule has 0 aliphatic carbocycles. The number of hydrogen-bond acceptors (Lipinski definition) is 6. The van der Waals surface area contributed by atoms with Gasteiger partial charge in [0, 0.05) is 37.4 Å². The van der Waals surface area contributed by atoms with Crippen molar-refractivity contribution < 1.29 is 22.7 Å². The van der Waals surface area contributed by atoms with Crippen LogP contribution in [0.4, 0.5) is 5.69 Å². The van der Waals surface area contributed by atoms with Crippen LogP contribution < -0.4 is 14.8 Å². The van der Waals surface area contributed by atoms with E-state index < -0.39 is 22.0 Å². The van der Waals surface area contributed by atoms with E-state index in [0.29, 0.717) is 35.7 Å². The summed E-state index contributed by atoms with van der Waals surface area (Å²) in [5.74, 6) is 0.0214. The number of anilines is 1. The summed E-state index contributed by atoms with van der Waals surface area (Å²) in [5.41, 5.74) is 1.69. The van der Waals surface area contributed by atoms with Gasteiger partial charge in [0.2, 0.25) is 15.9 Å². The molecule has 1 unspecified atom stereocenters. The highest BCUT2D eigenvalue weighted by Gasteiger charge is 2.23. The summed E-state index contributed by atoms with van der Waals surface area (Å²) in [6.07, 6.45) is 0. The number of aryl methyl sites for hydroxylation is 1. The maximum absolute atomic E-state index is 12.7. The highest BCUT2D eigenvalue weighted by Crippen LogP contribution is 2.21. The number of amides is 2. The third kappa shape index (κ3) is 6.10. The van der Waals surface area contributed by atoms with E-state index in [1.54, 1.807) is 37.3 Å². The Labute approximate surface area is 194 Å². The summed E-state index contributed by atoms with van der Waals surface area (Å²) >= 11 is 0. The van der Waals surface area contributed by atoms with Crippen molar-refractivity contribution in [2.24, 2.45) is 0 Å². The van der Waals surface area contributed by atoms with E-state index in [-0.39, 0.29) is 10.8 Å². The first-order valence-corrected chi connectivity index (χ1v) is 12.1. The average molecular weight is 475 g/mol. The molecule has 9 nitrogen and oxygen atoms in total. The largest absolute Gasteiger partial charge is 0.496 e. The number of carbonyl (C=O) groups excluding carboxylic acids is 2. The van der Waals surface area contributed by atoms with Gasteiger partial charge in [0.1, 0.15) is 5.75 Å². The van der Waals surface area contributed by atoms with Gasteiger partial charge in [0.15, 0.2) is 0 Å². The van der Waals surface area contributed by atoms with E-state index in [0.717, 1.165) is 13.1 Å². The van der Waals surface area contributed by atoms with Gasteiger partial charge in [-0.05, 0) is 68.9 Å². The summed E-state index contributed by atoms with van der Waals surface area (Å²) in [6, 6.07) is 10.1. The molecule has 10 heteroatoms. The number of benzene rings is 2. The standard InChI is InChI=1S/C23H30N4O5S/c1-16-15-20(9-10-21(16)32-4)33(30,31)25-17(2)22(28)24-19-7-5-18(6-8-19)23(29)27-13-11-26(3)12-14-27/h5-10,15,17,25H,11-14H2,1-4H3,(H,24,28). The molecule has 2 aromatic rings. The Bertz CT molecular complexity index is 1110. The summed E-state index contributed by atoms with van der Waals surface area (Å²) in [6.45, 7) is 6.24. The normalized spacial score (nSPS) is 15.7. The van der Waals surface area contributed by atoms with Crippen LogP contribution in [0.15, 0.2) is 47.4 Å². The summed E-state index contributed by atoms with van der Waals surface area (Å²) in [4.78, 5) is 29.2. The van der Waals surface area contributed by atoms with Crippen molar-refractivity contribution >= 4 is 27.5 Å². The molecule has 0 bridgehead atoms. The highest BCUT2D eigenvalue weighted by atomic mass is 32.2. The molecule has 2 amide bonds. The second-order valence-corrected chi connectivity index (χ2v) is 9.85. The van der Waals surface area contributed by atoms with Gasteiger partial charge >= 0.3 is 0 Å². The average Bonchev–Trinajstić information content (AvgIpc) is 2.79. The van der Waals surface area contributed by atoms with Crippen molar-refractivity contribution in [2.75, 3.05) is 45.7 Å². The fourth-order valence-electron chi connectivity index (χ4n) is 3.51. The Hall–Kier alpha value is -2.95. The highest BCUT2D eigenvalue weighted by molar-refractivity contribution is 7.89. The van der Waals surface area contributed by atoms with Gasteiger partial charge in [0.05, 0.1) is 18.0 Å². The Morgan fingerprint density at radius 1 is 1.03 bits per heavy atom. The van der Waals surface area contributed by atoms with Crippen LogP contribution in [-0.4, -0.2) is 76.4 Å². The van der Waals surface area contributed by atoms with Crippen molar-refractivity contribution in [3.63, 3.8) is 0 Å². The minimum atomic E-state index is -3.90. The molecule has 1 aliphatic heterocycles. The smallest absolute Gasteiger partial charge is 0.253 e. The quantitative estimate of drug-likeness (QED) is 0.632. The zero-order chi connectivity index (χ0) is 24.2. The summed E-state index contributed by atoms with van der Waals surface area (Å²) < 4.78 is 32.9. The maximum atomic E-state index is 12.7. The molecule has 0 saturated carbocycles. The number of nitrogens with zero attached hydrogens (tertiary/aromatic N) is 2. The number of ether oxygens (including phenoxy) is 1. The minimum Gasteiger partial charge on any atom is -0.496 e. The number of methoxy groups -OCH3 is 1. The minimum absolute atomic E-state index is 0.0445. The van der Waals surface area contributed by atoms with Crippen molar-refractivity contribution in [3.8, 4) is 5.75 Å². The van der Waals surface area contributed by atoms with Gasteiger partial charge in [-0.2, -0.15) is 4.72 Å². The fourth-order valence-corrected chi connectivity index (χ4v) is 4.80. The van der Waals surface area contributed by atoms with Crippen LogP contribution in [0.3, 0.4) is 0 Å². The fraction of sp³-hybridized carbons (Fsp3) is 0.391. The van der Waals surface area contributed by atoms with E-state index in [2.05, 4.69) is 14.9 Å². The van der Waals surface area contributed by atoms with Crippen LogP contribution in [0.25, 0.3) is 0 Å². The molecule has 1 atom stereocenters. The van der Waals surface area contributed by atoms with Gasteiger partial charge in [-0.15, -0.1) is 0 Å². The zero-order valence-corrected chi connectivity index (χ0v) is 20.1. The number of sulfonamides is 1. The van der Waals surface area contributed by atoms with Crippen LogP contribution in [0.1, 0.15) is 22.8 Å². The van der Waals surface area contributed by atoms with E-state index in [1.165, 1.54) is 26.2 Å². The Morgan fingerprint density at radius 3 is 2.24 bits per heavy atom. The van der Waals surface area contributed by atoms with Gasteiger partial charge in [-0.3, -0.25) is 9.59 Å². The van der Waals surface area contributed by atoms with Crippen LogP contribution in [0, 0.1) is 6.92 Å². The van der Waals surface area contributed by atoms with Gasteiger partial charge in [-0.1, -0.05) is 0 Å². The molecule has 1 saturated heterocycles. The molecule has 1 fully saturated rings. The number of nitrogens with one attached hydrogen (secondary N) is 2. The van der Waals surface area contributed by atoms with Crippen molar-refractivity contribution in [2.45, 2.75) is 24.8 Å². The second kappa shape index (κ2) is 10.3. The lowest BCUT2D eigenvalue weighted by molar-refractivity contribution is -0.117. The Morgan fingerprint density at radius 2 is 1.67 bits per heavy atom. The molecule has 3 rings (SSSR count). The molecule has 0 radical (unpaired) electrons. The lowest BCUT2D eigenvalue weighted by Crippen LogP contribution is -2.47. The van der Waals surface area contributed by atoms with Gasteiger partial charge in [-0.25, -0.2) is 8.42 Å². The van der Waals surface area contributed by atoms with Crippen LogP contribution in [0.5, 0.6) is 5.75 Å². The summed E-state index contributed by atoms with van der Waals surface area (Å²) in [7, 11) is -0.362. The molecule has 1 aliphatic rings. The lowest BCUT2D eigenvalue weighted by Gasteiger charge is -2.32. The van der Waals surface area contributed by atoms with Gasteiger partial charge in [0.25, 0.3) is 5.91 Å². The van der Waals surface area contributed by atoms with E-state index in [4.69, 9.17) is 4.74 Å². The summed E-state index contributed by atoms with van der Waals surface area (Å²) in [5, 5.41) is 2.68. The number of rotatable bonds is 7. The molecule has 2 aromatic carbocycles. The van der Waals surface area contributed by atoms with E-state index in [1.807, 2.05) is 11.9 Å². The first kappa shape index (κ1) is 24.7. The predicted octanol–water partition coefficient (Wildman–Crippen LogP) is 1.70. The Kier molecular flexibility index (Phi) is 7.72.